The smallest absolute Gasteiger partial charge is 0.263 e. The van der Waals surface area contributed by atoms with Crippen LogP contribution in [0.2, 0.25) is 5.02 Å². The first-order chi connectivity index (χ1) is 11.5. The third-order valence-electron chi connectivity index (χ3n) is 4.54. The summed E-state index contributed by atoms with van der Waals surface area (Å²) in [6, 6.07) is 3.52. The first-order valence-electron chi connectivity index (χ1n) is 7.70. The minimum Gasteiger partial charge on any atom is -0.508 e. The van der Waals surface area contributed by atoms with E-state index in [0.717, 1.165) is 24.1 Å². The third kappa shape index (κ3) is 2.41. The van der Waals surface area contributed by atoms with Crippen LogP contribution in [0.1, 0.15) is 23.5 Å². The van der Waals surface area contributed by atoms with Crippen LogP contribution < -0.4 is 10.5 Å². The number of hydrogen-bond donors (Lipinski definition) is 3. The molecule has 4 rings (SSSR count). The van der Waals surface area contributed by atoms with Gasteiger partial charge in [-0.05, 0) is 30.5 Å². The van der Waals surface area contributed by atoms with Gasteiger partial charge in [-0.15, -0.1) is 0 Å². The summed E-state index contributed by atoms with van der Waals surface area (Å²) in [6.07, 6.45) is 2.33. The molecular weight excluding hydrogens is 330 g/mol. The molecule has 1 atom stereocenters. The Bertz CT molecular complexity index is 980. The Morgan fingerprint density at radius 1 is 1.42 bits per heavy atom. The number of rotatable bonds is 2. The Labute approximate surface area is 142 Å². The van der Waals surface area contributed by atoms with E-state index in [2.05, 4.69) is 20.2 Å². The Kier molecular flexibility index (Phi) is 3.45. The number of hydrogen-bond acceptors (Lipinski definition) is 5. The lowest BCUT2D eigenvalue weighted by Gasteiger charge is -2.18. The number of aromatic amines is 2. The van der Waals surface area contributed by atoms with Crippen LogP contribution in [0, 0.1) is 6.92 Å². The highest BCUT2D eigenvalue weighted by molar-refractivity contribution is 6.31. The fourth-order valence-corrected chi connectivity index (χ4v) is 3.37. The van der Waals surface area contributed by atoms with Crippen molar-refractivity contribution >= 4 is 28.6 Å². The van der Waals surface area contributed by atoms with Gasteiger partial charge in [-0.2, -0.15) is 10.1 Å². The Morgan fingerprint density at radius 2 is 2.25 bits per heavy atom. The van der Waals surface area contributed by atoms with E-state index in [1.54, 1.807) is 6.07 Å². The minimum absolute atomic E-state index is 0.156. The summed E-state index contributed by atoms with van der Waals surface area (Å²) in [7, 11) is 0. The topological polar surface area (TPSA) is 97.9 Å². The standard InChI is InChI=1S/C16H16ClN5O2/c1-8-4-10(13(23)5-12(8)17)9-2-3-22(7-9)16-19-14-11(6-18-21-14)15(24)20-16/h4-6,9,23H,2-3,7H2,1H3,(H2,18,19,20,21,24). The molecule has 0 radical (unpaired) electrons. The van der Waals surface area contributed by atoms with Gasteiger partial charge >= 0.3 is 0 Å². The van der Waals surface area contributed by atoms with Crippen LogP contribution in [0.5, 0.6) is 5.75 Å². The zero-order chi connectivity index (χ0) is 16.8. The maximum atomic E-state index is 12.1. The lowest BCUT2D eigenvalue weighted by molar-refractivity contribution is 0.463. The molecule has 0 aliphatic carbocycles. The van der Waals surface area contributed by atoms with Crippen molar-refractivity contribution in [2.24, 2.45) is 0 Å². The molecule has 0 amide bonds. The van der Waals surface area contributed by atoms with Crippen molar-refractivity contribution in [2.45, 2.75) is 19.3 Å². The number of phenolic OH excluding ortho intramolecular Hbond substituents is 1. The Morgan fingerprint density at radius 3 is 3.08 bits per heavy atom. The van der Waals surface area contributed by atoms with E-state index in [-0.39, 0.29) is 17.2 Å². The molecular formula is C16H16ClN5O2. The maximum absolute atomic E-state index is 12.1. The van der Waals surface area contributed by atoms with Gasteiger partial charge < -0.3 is 10.0 Å². The van der Waals surface area contributed by atoms with Gasteiger partial charge in [-0.3, -0.25) is 14.9 Å². The molecule has 7 nitrogen and oxygen atoms in total. The van der Waals surface area contributed by atoms with Crippen molar-refractivity contribution in [3.63, 3.8) is 0 Å². The molecule has 124 valence electrons. The summed E-state index contributed by atoms with van der Waals surface area (Å²) in [5, 5.41) is 17.8. The molecule has 3 heterocycles. The van der Waals surface area contributed by atoms with Gasteiger partial charge in [0.05, 0.1) is 6.20 Å². The van der Waals surface area contributed by atoms with Crippen LogP contribution in [-0.2, 0) is 0 Å². The zero-order valence-electron chi connectivity index (χ0n) is 13.0. The first-order valence-corrected chi connectivity index (χ1v) is 8.08. The molecule has 0 bridgehead atoms. The van der Waals surface area contributed by atoms with Crippen molar-refractivity contribution in [3.05, 3.63) is 44.8 Å². The zero-order valence-corrected chi connectivity index (χ0v) is 13.8. The average Bonchev–Trinajstić information content (AvgIpc) is 3.19. The van der Waals surface area contributed by atoms with Crippen molar-refractivity contribution in [1.82, 2.24) is 20.2 Å². The first kappa shape index (κ1) is 15.0. The van der Waals surface area contributed by atoms with Gasteiger partial charge in [0.25, 0.3) is 5.56 Å². The second kappa shape index (κ2) is 5.52. The highest BCUT2D eigenvalue weighted by atomic mass is 35.5. The van der Waals surface area contributed by atoms with E-state index in [4.69, 9.17) is 11.6 Å². The van der Waals surface area contributed by atoms with Crippen LogP contribution in [0.4, 0.5) is 5.95 Å². The van der Waals surface area contributed by atoms with E-state index in [1.165, 1.54) is 6.20 Å². The number of nitrogens with zero attached hydrogens (tertiary/aromatic N) is 3. The molecule has 1 fully saturated rings. The molecule has 1 aromatic carbocycles. The normalized spacial score (nSPS) is 17.8. The number of aromatic hydroxyl groups is 1. The van der Waals surface area contributed by atoms with Crippen LogP contribution >= 0.6 is 11.6 Å². The second-order valence-electron chi connectivity index (χ2n) is 6.11. The lowest BCUT2D eigenvalue weighted by Crippen LogP contribution is -2.24. The van der Waals surface area contributed by atoms with Crippen molar-refractivity contribution in [2.75, 3.05) is 18.0 Å². The fraction of sp³-hybridized carbons (Fsp3) is 0.312. The molecule has 0 saturated carbocycles. The summed E-state index contributed by atoms with van der Waals surface area (Å²) >= 11 is 6.05. The predicted molar refractivity (Wildman–Crippen MR) is 91.9 cm³/mol. The van der Waals surface area contributed by atoms with E-state index in [9.17, 15) is 9.90 Å². The molecule has 1 aliphatic heterocycles. The number of halogens is 1. The van der Waals surface area contributed by atoms with Crippen molar-refractivity contribution in [1.29, 1.82) is 0 Å². The van der Waals surface area contributed by atoms with Crippen molar-refractivity contribution in [3.8, 4) is 5.75 Å². The maximum Gasteiger partial charge on any atom is 0.263 e. The quantitative estimate of drug-likeness (QED) is 0.662. The van der Waals surface area contributed by atoms with Crippen LogP contribution in [-0.4, -0.2) is 38.4 Å². The molecule has 24 heavy (non-hydrogen) atoms. The molecule has 0 spiro atoms. The number of fused-ring (bicyclic) bond motifs is 1. The molecule has 1 saturated heterocycles. The van der Waals surface area contributed by atoms with Crippen molar-refractivity contribution < 1.29 is 5.11 Å². The number of benzene rings is 1. The van der Waals surface area contributed by atoms with Crippen LogP contribution in [0.25, 0.3) is 11.0 Å². The number of aryl methyl sites for hydroxylation is 1. The summed E-state index contributed by atoms with van der Waals surface area (Å²) in [5.41, 5.74) is 2.08. The van der Waals surface area contributed by atoms with Crippen LogP contribution in [0.3, 0.4) is 0 Å². The summed E-state index contributed by atoms with van der Waals surface area (Å²) < 4.78 is 0. The third-order valence-corrected chi connectivity index (χ3v) is 4.95. The van der Waals surface area contributed by atoms with Gasteiger partial charge in [0, 0.05) is 24.0 Å². The SMILES string of the molecule is Cc1cc(C2CCN(c3nc4[nH]ncc4c(=O)[nH]3)C2)c(O)cc1Cl. The Balaban J connectivity index is 1.64. The lowest BCUT2D eigenvalue weighted by atomic mass is 9.96. The highest BCUT2D eigenvalue weighted by Gasteiger charge is 2.28. The molecule has 3 N–H and O–H groups in total. The summed E-state index contributed by atoms with van der Waals surface area (Å²) in [4.78, 5) is 21.3. The van der Waals surface area contributed by atoms with E-state index >= 15 is 0 Å². The highest BCUT2D eigenvalue weighted by Crippen LogP contribution is 2.36. The summed E-state index contributed by atoms with van der Waals surface area (Å²) in [6.45, 7) is 3.33. The predicted octanol–water partition coefficient (Wildman–Crippen LogP) is 2.31. The molecule has 8 heteroatoms. The van der Waals surface area contributed by atoms with Gasteiger partial charge in [0.1, 0.15) is 11.1 Å². The average molecular weight is 346 g/mol. The summed E-state index contributed by atoms with van der Waals surface area (Å²) in [5.74, 6) is 0.885. The number of H-pyrrole nitrogens is 2. The fourth-order valence-electron chi connectivity index (χ4n) is 3.21. The number of nitrogens with one attached hydrogen (secondary N) is 2. The monoisotopic (exact) mass is 345 g/mol. The molecule has 3 aromatic rings. The Hall–Kier alpha value is -2.54. The molecule has 1 aliphatic rings. The van der Waals surface area contributed by atoms with E-state index < -0.39 is 0 Å². The van der Waals surface area contributed by atoms with Gasteiger partial charge in [0.15, 0.2) is 5.65 Å². The number of aromatic nitrogens is 4. The van der Waals surface area contributed by atoms with E-state index in [1.807, 2.05) is 17.9 Å². The van der Waals surface area contributed by atoms with Gasteiger partial charge in [-0.1, -0.05) is 17.7 Å². The van der Waals surface area contributed by atoms with Gasteiger partial charge in [-0.25, -0.2) is 0 Å². The van der Waals surface area contributed by atoms with Gasteiger partial charge in [0.2, 0.25) is 5.95 Å². The minimum atomic E-state index is -0.211. The van der Waals surface area contributed by atoms with Crippen LogP contribution in [0.15, 0.2) is 23.1 Å². The number of anilines is 1. The number of phenols is 1. The molecule has 2 aromatic heterocycles. The largest absolute Gasteiger partial charge is 0.508 e. The molecule has 1 unspecified atom stereocenters. The van der Waals surface area contributed by atoms with E-state index in [0.29, 0.717) is 28.5 Å². The second-order valence-corrected chi connectivity index (χ2v) is 6.52.